The number of hydrogen-bond acceptors (Lipinski definition) is 3. The van der Waals surface area contributed by atoms with Gasteiger partial charge in [-0.2, -0.15) is 5.26 Å². The van der Waals surface area contributed by atoms with Crippen molar-refractivity contribution in [2.45, 2.75) is 38.1 Å². The Labute approximate surface area is 95.3 Å². The van der Waals surface area contributed by atoms with Crippen LogP contribution in [0.3, 0.4) is 0 Å². The Kier molecular flexibility index (Phi) is 2.41. The predicted octanol–water partition coefficient (Wildman–Crippen LogP) is 1.17. The molecule has 3 rings (SSSR count). The molecule has 1 N–H and O–H groups in total. The van der Waals surface area contributed by atoms with Crippen molar-refractivity contribution in [2.75, 3.05) is 13.1 Å². The molecule has 0 spiro atoms. The summed E-state index contributed by atoms with van der Waals surface area (Å²) < 4.78 is 2.31. The van der Waals surface area contributed by atoms with Gasteiger partial charge in [0.05, 0.1) is 5.69 Å². The Hall–Kier alpha value is -1.34. The second-order valence-corrected chi connectivity index (χ2v) is 4.68. The van der Waals surface area contributed by atoms with E-state index in [4.69, 9.17) is 5.26 Å². The van der Waals surface area contributed by atoms with Crippen molar-refractivity contribution in [3.05, 3.63) is 17.2 Å². The van der Waals surface area contributed by atoms with E-state index in [2.05, 4.69) is 20.9 Å². The van der Waals surface area contributed by atoms with Crippen molar-refractivity contribution in [3.8, 4) is 6.07 Å². The largest absolute Gasteiger partial charge is 0.330 e. The van der Waals surface area contributed by atoms with Gasteiger partial charge in [-0.05, 0) is 32.2 Å². The summed E-state index contributed by atoms with van der Waals surface area (Å²) in [5.74, 6) is 1.66. The molecule has 1 fully saturated rings. The van der Waals surface area contributed by atoms with Gasteiger partial charge in [0.2, 0.25) is 0 Å². The van der Waals surface area contributed by atoms with Gasteiger partial charge >= 0.3 is 0 Å². The summed E-state index contributed by atoms with van der Waals surface area (Å²) in [5.41, 5.74) is 1.84. The van der Waals surface area contributed by atoms with Gasteiger partial charge in [-0.1, -0.05) is 0 Å². The van der Waals surface area contributed by atoms with E-state index in [0.717, 1.165) is 38.3 Å². The van der Waals surface area contributed by atoms with Gasteiger partial charge in [0.25, 0.3) is 0 Å². The molecule has 1 saturated heterocycles. The highest BCUT2D eigenvalue weighted by Crippen LogP contribution is 2.27. The lowest BCUT2D eigenvalue weighted by Crippen LogP contribution is -2.17. The second kappa shape index (κ2) is 3.91. The third-order valence-electron chi connectivity index (χ3n) is 3.68. The molecular formula is C12H16N4. The van der Waals surface area contributed by atoms with E-state index in [-0.39, 0.29) is 0 Å². The number of rotatable bonds is 1. The van der Waals surface area contributed by atoms with Gasteiger partial charge in [0, 0.05) is 19.0 Å². The molecule has 84 valence electrons. The van der Waals surface area contributed by atoms with Crippen LogP contribution in [0, 0.1) is 11.3 Å². The molecule has 1 atom stereocenters. The van der Waals surface area contributed by atoms with Crippen LogP contribution in [0.1, 0.15) is 42.4 Å². The smallest absolute Gasteiger partial charge is 0.161 e. The lowest BCUT2D eigenvalue weighted by Gasteiger charge is -2.18. The number of nitrogens with one attached hydrogen (secondary N) is 1. The maximum atomic E-state index is 9.11. The van der Waals surface area contributed by atoms with Gasteiger partial charge in [-0.15, -0.1) is 0 Å². The van der Waals surface area contributed by atoms with E-state index in [0.29, 0.717) is 11.6 Å². The van der Waals surface area contributed by atoms with E-state index in [1.165, 1.54) is 18.5 Å². The average molecular weight is 216 g/mol. The molecule has 16 heavy (non-hydrogen) atoms. The molecule has 1 aromatic rings. The maximum Gasteiger partial charge on any atom is 0.161 e. The van der Waals surface area contributed by atoms with Gasteiger partial charge in [-0.3, -0.25) is 0 Å². The van der Waals surface area contributed by atoms with Crippen molar-refractivity contribution in [1.82, 2.24) is 14.9 Å². The second-order valence-electron chi connectivity index (χ2n) is 4.68. The fourth-order valence-corrected chi connectivity index (χ4v) is 2.85. The summed E-state index contributed by atoms with van der Waals surface area (Å²) in [4.78, 5) is 4.55. The number of nitriles is 1. The van der Waals surface area contributed by atoms with Crippen molar-refractivity contribution < 1.29 is 0 Å². The van der Waals surface area contributed by atoms with Crippen LogP contribution in [-0.4, -0.2) is 22.6 Å². The Morgan fingerprint density at radius 3 is 3.12 bits per heavy atom. The van der Waals surface area contributed by atoms with Crippen molar-refractivity contribution in [1.29, 1.82) is 5.26 Å². The van der Waals surface area contributed by atoms with Crippen LogP contribution in [0.15, 0.2) is 0 Å². The summed E-state index contributed by atoms with van der Waals surface area (Å²) in [6.07, 6.45) is 4.60. The van der Waals surface area contributed by atoms with Crippen LogP contribution in [0.2, 0.25) is 0 Å². The summed E-state index contributed by atoms with van der Waals surface area (Å²) in [7, 11) is 0. The van der Waals surface area contributed by atoms with Crippen LogP contribution in [0.25, 0.3) is 0 Å². The minimum absolute atomic E-state index is 0.513. The van der Waals surface area contributed by atoms with E-state index < -0.39 is 0 Å². The number of aromatic nitrogens is 2. The van der Waals surface area contributed by atoms with Gasteiger partial charge in [0.15, 0.2) is 5.69 Å². The zero-order chi connectivity index (χ0) is 11.0. The Morgan fingerprint density at radius 1 is 1.44 bits per heavy atom. The fraction of sp³-hybridized carbons (Fsp3) is 0.667. The minimum Gasteiger partial charge on any atom is -0.330 e. The molecule has 0 saturated carbocycles. The molecule has 0 bridgehead atoms. The molecule has 4 nitrogen and oxygen atoms in total. The predicted molar refractivity (Wildman–Crippen MR) is 60.1 cm³/mol. The minimum atomic E-state index is 0.513. The van der Waals surface area contributed by atoms with Crippen LogP contribution in [0.4, 0.5) is 0 Å². The van der Waals surface area contributed by atoms with Gasteiger partial charge < -0.3 is 9.88 Å². The molecule has 0 amide bonds. The zero-order valence-corrected chi connectivity index (χ0v) is 9.37. The molecule has 1 aromatic heterocycles. The third-order valence-corrected chi connectivity index (χ3v) is 3.68. The quantitative estimate of drug-likeness (QED) is 0.766. The highest BCUT2D eigenvalue weighted by molar-refractivity contribution is 5.31. The number of fused-ring (bicyclic) bond motifs is 1. The fourth-order valence-electron chi connectivity index (χ4n) is 2.85. The van der Waals surface area contributed by atoms with E-state index in [1.54, 1.807) is 0 Å². The first-order valence-electron chi connectivity index (χ1n) is 6.10. The lowest BCUT2D eigenvalue weighted by atomic mass is 10.1. The van der Waals surface area contributed by atoms with E-state index in [1.807, 2.05) is 0 Å². The van der Waals surface area contributed by atoms with Crippen LogP contribution in [0.5, 0.6) is 0 Å². The third kappa shape index (κ3) is 1.43. The molecule has 0 radical (unpaired) electrons. The molecule has 4 heteroatoms. The number of imidazole rings is 1. The van der Waals surface area contributed by atoms with Crippen LogP contribution < -0.4 is 5.32 Å². The van der Waals surface area contributed by atoms with E-state index in [9.17, 15) is 0 Å². The normalized spacial score (nSPS) is 24.1. The molecule has 3 heterocycles. The van der Waals surface area contributed by atoms with Gasteiger partial charge in [0.1, 0.15) is 11.9 Å². The molecule has 2 aliphatic rings. The standard InChI is InChI=1S/C12H16N4/c13-7-10-11-3-1-2-6-16(11)12(15-10)9-4-5-14-8-9/h9,14H,1-6,8H2. The Bertz CT molecular complexity index is 435. The Balaban J connectivity index is 2.04. The first kappa shape index (κ1) is 9.86. The van der Waals surface area contributed by atoms with Gasteiger partial charge in [-0.25, -0.2) is 4.98 Å². The zero-order valence-electron chi connectivity index (χ0n) is 9.37. The highest BCUT2D eigenvalue weighted by Gasteiger charge is 2.26. The van der Waals surface area contributed by atoms with Crippen molar-refractivity contribution >= 4 is 0 Å². The summed E-state index contributed by atoms with van der Waals surface area (Å²) in [6.45, 7) is 3.14. The molecular weight excluding hydrogens is 200 g/mol. The Morgan fingerprint density at radius 2 is 2.38 bits per heavy atom. The molecule has 1 unspecified atom stereocenters. The first-order chi connectivity index (χ1) is 7.90. The molecule has 2 aliphatic heterocycles. The van der Waals surface area contributed by atoms with Crippen LogP contribution >= 0.6 is 0 Å². The average Bonchev–Trinajstić information content (AvgIpc) is 2.95. The number of nitrogens with zero attached hydrogens (tertiary/aromatic N) is 3. The first-order valence-corrected chi connectivity index (χ1v) is 6.10. The van der Waals surface area contributed by atoms with Crippen molar-refractivity contribution in [3.63, 3.8) is 0 Å². The maximum absolute atomic E-state index is 9.11. The van der Waals surface area contributed by atoms with Crippen molar-refractivity contribution in [2.24, 2.45) is 0 Å². The molecule has 0 aliphatic carbocycles. The number of hydrogen-bond donors (Lipinski definition) is 1. The summed E-state index contributed by atoms with van der Waals surface area (Å²) >= 11 is 0. The SMILES string of the molecule is N#Cc1nc(C2CCNC2)n2c1CCCC2. The highest BCUT2D eigenvalue weighted by atomic mass is 15.1. The summed E-state index contributed by atoms with van der Waals surface area (Å²) in [6, 6.07) is 2.25. The van der Waals surface area contributed by atoms with Crippen LogP contribution in [-0.2, 0) is 13.0 Å². The van der Waals surface area contributed by atoms with E-state index >= 15 is 0 Å². The lowest BCUT2D eigenvalue weighted by molar-refractivity contribution is 0.497. The molecule has 0 aromatic carbocycles. The monoisotopic (exact) mass is 216 g/mol. The topological polar surface area (TPSA) is 53.6 Å². The summed E-state index contributed by atoms with van der Waals surface area (Å²) in [5, 5.41) is 12.5.